The Morgan fingerprint density at radius 1 is 1.06 bits per heavy atom. The number of nitrogens with zero attached hydrogens (tertiary/aromatic N) is 2. The number of amides is 1. The molecule has 2 aromatic carbocycles. The molecule has 0 aliphatic heterocycles. The summed E-state index contributed by atoms with van der Waals surface area (Å²) in [6.45, 7) is 2.27. The minimum absolute atomic E-state index is 0.0659. The Morgan fingerprint density at radius 2 is 1.76 bits per heavy atom. The summed E-state index contributed by atoms with van der Waals surface area (Å²) < 4.78 is 2.05. The topological polar surface area (TPSA) is 104 Å². The number of aromatic nitrogens is 2. The monoisotopic (exact) mass is 478 g/mol. The fourth-order valence-corrected chi connectivity index (χ4v) is 4.83. The van der Waals surface area contributed by atoms with Crippen LogP contribution in [0.1, 0.15) is 28.4 Å². The molecule has 0 saturated heterocycles. The van der Waals surface area contributed by atoms with Gasteiger partial charge in [-0.3, -0.25) is 14.2 Å². The molecule has 1 amide bonds. The summed E-state index contributed by atoms with van der Waals surface area (Å²) in [6.07, 6.45) is 0.925. The van der Waals surface area contributed by atoms with E-state index in [1.165, 1.54) is 45.4 Å². The molecule has 0 bridgehead atoms. The Morgan fingerprint density at radius 3 is 2.42 bits per heavy atom. The smallest absolute Gasteiger partial charge is 0.272 e. The lowest BCUT2D eigenvalue weighted by molar-refractivity contribution is -0.255. The van der Waals surface area contributed by atoms with Gasteiger partial charge in [0.15, 0.2) is 5.16 Å². The lowest BCUT2D eigenvalue weighted by Crippen LogP contribution is -2.24. The van der Waals surface area contributed by atoms with Gasteiger partial charge >= 0.3 is 0 Å². The second kappa shape index (κ2) is 10.0. The van der Waals surface area contributed by atoms with Crippen LogP contribution in [0.2, 0.25) is 0 Å². The van der Waals surface area contributed by atoms with Crippen molar-refractivity contribution in [1.82, 2.24) is 9.55 Å². The van der Waals surface area contributed by atoms with Crippen molar-refractivity contribution in [2.75, 3.05) is 11.1 Å². The van der Waals surface area contributed by atoms with E-state index in [1.54, 1.807) is 23.6 Å². The Hall–Kier alpha value is -3.43. The molecular weight excluding hydrogens is 458 g/mol. The Kier molecular flexibility index (Phi) is 6.90. The first-order valence-corrected chi connectivity index (χ1v) is 12.1. The van der Waals surface area contributed by atoms with Crippen LogP contribution in [0.25, 0.3) is 10.2 Å². The number of carbonyl (C=O) groups excluding carboxylic acids is 2. The van der Waals surface area contributed by atoms with Crippen LogP contribution in [0.15, 0.2) is 69.9 Å². The zero-order valence-electron chi connectivity index (χ0n) is 17.7. The van der Waals surface area contributed by atoms with Crippen molar-refractivity contribution in [1.29, 1.82) is 0 Å². The maximum atomic E-state index is 13.1. The van der Waals surface area contributed by atoms with E-state index >= 15 is 0 Å². The molecule has 0 spiro atoms. The summed E-state index contributed by atoms with van der Waals surface area (Å²) in [7, 11) is 0. The SMILES string of the molecule is CCc1ccc(NC(=O)CSc2nc3ccsc3c(=O)n2Cc2ccc(C(=O)[O-])cc2)cc1. The predicted molar refractivity (Wildman–Crippen MR) is 129 cm³/mol. The van der Waals surface area contributed by atoms with Gasteiger partial charge in [0, 0.05) is 5.69 Å². The number of rotatable bonds is 8. The second-order valence-electron chi connectivity index (χ2n) is 7.29. The van der Waals surface area contributed by atoms with Gasteiger partial charge in [-0.25, -0.2) is 4.98 Å². The van der Waals surface area contributed by atoms with Crippen LogP contribution in [0.4, 0.5) is 5.69 Å². The van der Waals surface area contributed by atoms with Crippen LogP contribution in [0.3, 0.4) is 0 Å². The van der Waals surface area contributed by atoms with Crippen molar-refractivity contribution in [3.05, 3.63) is 87.0 Å². The van der Waals surface area contributed by atoms with Crippen LogP contribution >= 0.6 is 23.1 Å². The van der Waals surface area contributed by atoms with Crippen molar-refractivity contribution in [2.45, 2.75) is 25.0 Å². The van der Waals surface area contributed by atoms with Crippen LogP contribution < -0.4 is 16.0 Å². The average molecular weight is 479 g/mol. The number of hydrogen-bond donors (Lipinski definition) is 1. The summed E-state index contributed by atoms with van der Waals surface area (Å²) in [5.41, 5.74) is 3.10. The van der Waals surface area contributed by atoms with E-state index < -0.39 is 5.97 Å². The van der Waals surface area contributed by atoms with E-state index in [1.807, 2.05) is 24.3 Å². The Bertz CT molecular complexity index is 1360. The third kappa shape index (κ3) is 5.32. The number of thioether (sulfide) groups is 1. The van der Waals surface area contributed by atoms with Gasteiger partial charge in [-0.05, 0) is 46.7 Å². The Balaban J connectivity index is 1.55. The molecule has 0 radical (unpaired) electrons. The predicted octanol–water partition coefficient (Wildman–Crippen LogP) is 3.16. The zero-order valence-corrected chi connectivity index (χ0v) is 19.4. The molecule has 0 aliphatic carbocycles. The van der Waals surface area contributed by atoms with Gasteiger partial charge in [-0.1, -0.05) is 55.1 Å². The molecule has 4 rings (SSSR count). The number of thiophene rings is 1. The number of nitrogens with one attached hydrogen (secondary N) is 1. The van der Waals surface area contributed by atoms with Crippen molar-refractivity contribution in [3.8, 4) is 0 Å². The number of aromatic carboxylic acids is 1. The van der Waals surface area contributed by atoms with Gasteiger partial charge < -0.3 is 15.2 Å². The van der Waals surface area contributed by atoms with Crippen LogP contribution in [0, 0.1) is 0 Å². The summed E-state index contributed by atoms with van der Waals surface area (Å²) in [5.74, 6) is -1.37. The first-order valence-electron chi connectivity index (χ1n) is 10.2. The van der Waals surface area contributed by atoms with Crippen molar-refractivity contribution < 1.29 is 14.7 Å². The normalized spacial score (nSPS) is 10.9. The van der Waals surface area contributed by atoms with E-state index in [9.17, 15) is 19.5 Å². The van der Waals surface area contributed by atoms with E-state index in [2.05, 4.69) is 17.2 Å². The molecule has 0 atom stereocenters. The molecule has 0 saturated carbocycles. The van der Waals surface area contributed by atoms with E-state index in [0.29, 0.717) is 21.1 Å². The lowest BCUT2D eigenvalue weighted by atomic mass is 10.1. The molecular formula is C24H20N3O4S2-. The second-order valence-corrected chi connectivity index (χ2v) is 9.15. The number of carboxylic acids is 1. The first kappa shape index (κ1) is 22.8. The highest BCUT2D eigenvalue weighted by molar-refractivity contribution is 7.99. The lowest BCUT2D eigenvalue weighted by Gasteiger charge is -2.13. The number of aryl methyl sites for hydroxylation is 1. The van der Waals surface area contributed by atoms with Crippen molar-refractivity contribution in [3.63, 3.8) is 0 Å². The number of carbonyl (C=O) groups is 2. The summed E-state index contributed by atoms with van der Waals surface area (Å²) in [6, 6.07) is 15.6. The zero-order chi connectivity index (χ0) is 23.4. The Labute approximate surface area is 198 Å². The van der Waals surface area contributed by atoms with Gasteiger partial charge in [-0.2, -0.15) is 0 Å². The molecule has 4 aromatic rings. The van der Waals surface area contributed by atoms with Gasteiger partial charge in [0.05, 0.1) is 23.8 Å². The molecule has 9 heteroatoms. The number of carboxylic acid groups (broad SMARTS) is 1. The van der Waals surface area contributed by atoms with Gasteiger partial charge in [-0.15, -0.1) is 11.3 Å². The standard InChI is InChI=1S/C24H21N3O4S2/c1-2-15-5-9-18(10-6-15)25-20(28)14-33-24-26-19-11-12-32-21(19)22(29)27(24)13-16-3-7-17(8-4-16)23(30)31/h3-12H,2,13-14H2,1H3,(H,25,28)(H,30,31)/p-1. The van der Waals surface area contributed by atoms with Crippen LogP contribution in [-0.4, -0.2) is 27.2 Å². The summed E-state index contributed by atoms with van der Waals surface area (Å²) in [4.78, 5) is 41.2. The quantitative estimate of drug-likeness (QED) is 0.308. The fraction of sp³-hybridized carbons (Fsp3) is 0.167. The largest absolute Gasteiger partial charge is 0.545 e. The van der Waals surface area contributed by atoms with Crippen LogP contribution in [0.5, 0.6) is 0 Å². The molecule has 168 valence electrons. The summed E-state index contributed by atoms with van der Waals surface area (Å²) >= 11 is 2.49. The van der Waals surface area contributed by atoms with Gasteiger partial charge in [0.1, 0.15) is 4.70 Å². The number of benzene rings is 2. The minimum Gasteiger partial charge on any atom is -0.545 e. The number of fused-ring (bicyclic) bond motifs is 1. The molecule has 0 aliphatic rings. The molecule has 7 nitrogen and oxygen atoms in total. The van der Waals surface area contributed by atoms with E-state index in [4.69, 9.17) is 0 Å². The molecule has 33 heavy (non-hydrogen) atoms. The minimum atomic E-state index is -1.26. The average Bonchev–Trinajstić information content (AvgIpc) is 3.29. The van der Waals surface area contributed by atoms with E-state index in [-0.39, 0.29) is 29.3 Å². The highest BCUT2D eigenvalue weighted by atomic mass is 32.2. The maximum Gasteiger partial charge on any atom is 0.272 e. The van der Waals surface area contributed by atoms with Crippen molar-refractivity contribution in [2.24, 2.45) is 0 Å². The molecule has 0 fully saturated rings. The third-order valence-electron chi connectivity index (χ3n) is 5.04. The van der Waals surface area contributed by atoms with Gasteiger partial charge in [0.25, 0.3) is 5.56 Å². The molecule has 2 heterocycles. The molecule has 1 N–H and O–H groups in total. The van der Waals surface area contributed by atoms with E-state index in [0.717, 1.165) is 12.0 Å². The molecule has 2 aromatic heterocycles. The molecule has 0 unspecified atom stereocenters. The highest BCUT2D eigenvalue weighted by Crippen LogP contribution is 2.22. The first-order chi connectivity index (χ1) is 15.9. The third-order valence-corrected chi connectivity index (χ3v) is 6.91. The highest BCUT2D eigenvalue weighted by Gasteiger charge is 2.15. The summed E-state index contributed by atoms with van der Waals surface area (Å²) in [5, 5.41) is 16.1. The van der Waals surface area contributed by atoms with Crippen LogP contribution in [-0.2, 0) is 17.8 Å². The number of hydrogen-bond acceptors (Lipinski definition) is 7. The fourth-order valence-electron chi connectivity index (χ4n) is 3.25. The van der Waals surface area contributed by atoms with Crippen molar-refractivity contribution >= 4 is 50.9 Å². The maximum absolute atomic E-state index is 13.1. The number of anilines is 1. The van der Waals surface area contributed by atoms with Gasteiger partial charge in [0.2, 0.25) is 5.91 Å².